The number of alkyl halides is 3. The van der Waals surface area contributed by atoms with E-state index in [4.69, 9.17) is 4.74 Å². The zero-order chi connectivity index (χ0) is 23.8. The van der Waals surface area contributed by atoms with Crippen LogP contribution in [0, 0.1) is 0 Å². The highest BCUT2D eigenvalue weighted by molar-refractivity contribution is 6.07. The van der Waals surface area contributed by atoms with E-state index < -0.39 is 17.6 Å². The van der Waals surface area contributed by atoms with Crippen molar-refractivity contribution in [1.29, 1.82) is 0 Å². The molecule has 2 amide bonds. The Morgan fingerprint density at radius 3 is 2.06 bits per heavy atom. The third-order valence-electron chi connectivity index (χ3n) is 4.71. The lowest BCUT2D eigenvalue weighted by atomic mass is 10.1. The zero-order valence-corrected chi connectivity index (χ0v) is 17.9. The molecule has 0 aromatic heterocycles. The van der Waals surface area contributed by atoms with E-state index >= 15 is 0 Å². The van der Waals surface area contributed by atoms with Crippen LogP contribution in [0.3, 0.4) is 0 Å². The summed E-state index contributed by atoms with van der Waals surface area (Å²) in [6.45, 7) is 2.68. The number of rotatable bonds is 8. The first-order chi connectivity index (χ1) is 15.8. The van der Waals surface area contributed by atoms with Crippen LogP contribution >= 0.6 is 0 Å². The molecule has 0 atom stereocenters. The Balaban J connectivity index is 1.64. The third-order valence-corrected chi connectivity index (χ3v) is 4.71. The largest absolute Gasteiger partial charge is 0.494 e. The van der Waals surface area contributed by atoms with Crippen molar-refractivity contribution in [2.75, 3.05) is 17.2 Å². The molecule has 2 N–H and O–H groups in total. The predicted molar refractivity (Wildman–Crippen MR) is 121 cm³/mol. The van der Waals surface area contributed by atoms with Crippen LogP contribution in [0.15, 0.2) is 72.8 Å². The molecule has 0 fully saturated rings. The quantitative estimate of drug-likeness (QED) is 0.386. The smallest absolute Gasteiger partial charge is 0.416 e. The maximum absolute atomic E-state index is 12.9. The van der Waals surface area contributed by atoms with E-state index in [1.807, 2.05) is 0 Å². The molecule has 3 aromatic rings. The number of hydrogen-bond donors (Lipinski definition) is 2. The molecule has 33 heavy (non-hydrogen) atoms. The minimum Gasteiger partial charge on any atom is -0.494 e. The van der Waals surface area contributed by atoms with Crippen LogP contribution in [0.5, 0.6) is 5.75 Å². The van der Waals surface area contributed by atoms with Gasteiger partial charge >= 0.3 is 6.18 Å². The van der Waals surface area contributed by atoms with Gasteiger partial charge in [0, 0.05) is 22.5 Å². The van der Waals surface area contributed by atoms with Crippen LogP contribution in [0.25, 0.3) is 0 Å². The van der Waals surface area contributed by atoms with E-state index in [2.05, 4.69) is 17.6 Å². The molecule has 5 nitrogen and oxygen atoms in total. The first-order valence-electron chi connectivity index (χ1n) is 10.4. The molecule has 0 radical (unpaired) electrons. The third kappa shape index (κ3) is 6.83. The van der Waals surface area contributed by atoms with Crippen molar-refractivity contribution in [3.63, 3.8) is 0 Å². The van der Waals surface area contributed by atoms with Gasteiger partial charge in [0.15, 0.2) is 0 Å². The molecule has 0 saturated carbocycles. The summed E-state index contributed by atoms with van der Waals surface area (Å²) in [7, 11) is 0. The van der Waals surface area contributed by atoms with E-state index in [-0.39, 0.29) is 17.2 Å². The average molecular weight is 456 g/mol. The predicted octanol–water partition coefficient (Wildman–Crippen LogP) is 6.39. The van der Waals surface area contributed by atoms with Crippen molar-refractivity contribution in [1.82, 2.24) is 0 Å². The summed E-state index contributed by atoms with van der Waals surface area (Å²) >= 11 is 0. The molecule has 0 bridgehead atoms. The van der Waals surface area contributed by atoms with Gasteiger partial charge in [-0.25, -0.2) is 0 Å². The highest BCUT2D eigenvalue weighted by Gasteiger charge is 2.30. The molecule has 0 aliphatic carbocycles. The van der Waals surface area contributed by atoms with Crippen molar-refractivity contribution < 1.29 is 27.5 Å². The number of carbonyl (C=O) groups is 2. The van der Waals surface area contributed by atoms with Crippen LogP contribution in [0.2, 0.25) is 0 Å². The molecule has 0 spiro atoms. The van der Waals surface area contributed by atoms with E-state index in [0.29, 0.717) is 23.6 Å². The molecule has 3 rings (SSSR count). The minimum absolute atomic E-state index is 0.0190. The Morgan fingerprint density at radius 2 is 1.42 bits per heavy atom. The fourth-order valence-electron chi connectivity index (χ4n) is 2.95. The summed E-state index contributed by atoms with van der Waals surface area (Å²) < 4.78 is 44.2. The van der Waals surface area contributed by atoms with Crippen LogP contribution in [-0.2, 0) is 6.18 Å². The SMILES string of the molecule is CCCCOc1ccc(C(=O)Nc2cccc(C(=O)Nc3cccc(C(F)(F)F)c3)c2)cc1. The van der Waals surface area contributed by atoms with Crippen molar-refractivity contribution in [2.45, 2.75) is 25.9 Å². The number of carbonyl (C=O) groups excluding carboxylic acids is 2. The highest BCUT2D eigenvalue weighted by atomic mass is 19.4. The number of hydrogen-bond acceptors (Lipinski definition) is 3. The van der Waals surface area contributed by atoms with E-state index in [0.717, 1.165) is 25.0 Å². The lowest BCUT2D eigenvalue weighted by molar-refractivity contribution is -0.137. The summed E-state index contributed by atoms with van der Waals surface area (Å²) in [5, 5.41) is 5.15. The summed E-state index contributed by atoms with van der Waals surface area (Å²) in [6.07, 6.45) is -2.54. The number of ether oxygens (including phenoxy) is 1. The van der Waals surface area contributed by atoms with Crippen molar-refractivity contribution in [3.05, 3.63) is 89.5 Å². The Bertz CT molecular complexity index is 1110. The fraction of sp³-hybridized carbons (Fsp3) is 0.200. The van der Waals surface area contributed by atoms with Gasteiger partial charge in [-0.15, -0.1) is 0 Å². The maximum Gasteiger partial charge on any atom is 0.416 e. The Labute approximate surface area is 189 Å². The molecule has 0 unspecified atom stereocenters. The molecular formula is C25H23F3N2O3. The first kappa shape index (κ1) is 23.8. The summed E-state index contributed by atoms with van der Waals surface area (Å²) in [6, 6.07) is 17.2. The van der Waals surface area contributed by atoms with Crippen molar-refractivity contribution in [3.8, 4) is 5.75 Å². The normalized spacial score (nSPS) is 11.0. The molecule has 172 valence electrons. The van der Waals surface area contributed by atoms with Crippen LogP contribution in [0.1, 0.15) is 46.0 Å². The second-order valence-corrected chi connectivity index (χ2v) is 7.29. The summed E-state index contributed by atoms with van der Waals surface area (Å²) in [5.74, 6) is -0.294. The van der Waals surface area contributed by atoms with Crippen LogP contribution in [0.4, 0.5) is 24.5 Å². The Kier molecular flexibility index (Phi) is 7.71. The van der Waals surface area contributed by atoms with Crippen LogP contribution in [-0.4, -0.2) is 18.4 Å². The van der Waals surface area contributed by atoms with Gasteiger partial charge in [0.05, 0.1) is 12.2 Å². The molecule has 0 saturated heterocycles. The van der Waals surface area contributed by atoms with Crippen LogP contribution < -0.4 is 15.4 Å². The van der Waals surface area contributed by atoms with Gasteiger partial charge < -0.3 is 15.4 Å². The van der Waals surface area contributed by atoms with Gasteiger partial charge in [0.1, 0.15) is 5.75 Å². The second-order valence-electron chi connectivity index (χ2n) is 7.29. The molecular weight excluding hydrogens is 433 g/mol. The first-order valence-corrected chi connectivity index (χ1v) is 10.4. The molecule has 8 heteroatoms. The lowest BCUT2D eigenvalue weighted by Crippen LogP contribution is -2.15. The number of benzene rings is 3. The van der Waals surface area contributed by atoms with Gasteiger partial charge in [-0.2, -0.15) is 13.2 Å². The monoisotopic (exact) mass is 456 g/mol. The molecule has 0 aliphatic rings. The Hall–Kier alpha value is -3.81. The average Bonchev–Trinajstić information content (AvgIpc) is 2.79. The van der Waals surface area contributed by atoms with E-state index in [1.165, 1.54) is 24.3 Å². The Morgan fingerprint density at radius 1 is 0.818 bits per heavy atom. The number of amides is 2. The van der Waals surface area contributed by atoms with Gasteiger partial charge in [-0.3, -0.25) is 9.59 Å². The number of anilines is 2. The fourth-order valence-corrected chi connectivity index (χ4v) is 2.95. The van der Waals surface area contributed by atoms with Crippen molar-refractivity contribution >= 4 is 23.2 Å². The lowest BCUT2D eigenvalue weighted by Gasteiger charge is -2.11. The number of unbranched alkanes of at least 4 members (excludes halogenated alkanes) is 1. The summed E-state index contributed by atoms with van der Waals surface area (Å²) in [5.41, 5.74) is 0.134. The van der Waals surface area contributed by atoms with Gasteiger partial charge in [0.25, 0.3) is 11.8 Å². The number of nitrogens with one attached hydrogen (secondary N) is 2. The second kappa shape index (κ2) is 10.7. The van der Waals surface area contributed by atoms with Gasteiger partial charge in [0.2, 0.25) is 0 Å². The molecule has 3 aromatic carbocycles. The summed E-state index contributed by atoms with van der Waals surface area (Å²) in [4.78, 5) is 25.0. The maximum atomic E-state index is 12.9. The zero-order valence-electron chi connectivity index (χ0n) is 17.9. The minimum atomic E-state index is -4.51. The van der Waals surface area contributed by atoms with E-state index in [1.54, 1.807) is 36.4 Å². The van der Waals surface area contributed by atoms with E-state index in [9.17, 15) is 22.8 Å². The van der Waals surface area contributed by atoms with Crippen molar-refractivity contribution in [2.24, 2.45) is 0 Å². The van der Waals surface area contributed by atoms with Gasteiger partial charge in [-0.05, 0) is 67.1 Å². The highest BCUT2D eigenvalue weighted by Crippen LogP contribution is 2.30. The molecule has 0 aliphatic heterocycles. The van der Waals surface area contributed by atoms with Gasteiger partial charge in [-0.1, -0.05) is 25.5 Å². The standard InChI is InChI=1S/C25H23F3N2O3/c1-2-3-14-33-22-12-10-17(11-13-22)23(31)29-20-8-4-6-18(15-20)24(32)30-21-9-5-7-19(16-21)25(26,27)28/h4-13,15-16H,2-3,14H2,1H3,(H,29,31)(H,30,32). The number of halogens is 3. The topological polar surface area (TPSA) is 67.4 Å². The molecule has 0 heterocycles.